The number of hydrogen-bond acceptors (Lipinski definition) is 4. The van der Waals surface area contributed by atoms with Gasteiger partial charge in [0.15, 0.2) is 5.60 Å². The zero-order valence-electron chi connectivity index (χ0n) is 9.93. The Labute approximate surface area is 104 Å². The van der Waals surface area contributed by atoms with E-state index < -0.39 is 5.60 Å². The van der Waals surface area contributed by atoms with Crippen LogP contribution in [0.4, 0.5) is 0 Å². The van der Waals surface area contributed by atoms with Crippen molar-refractivity contribution in [2.75, 3.05) is 7.11 Å². The number of rotatable bonds is 1. The first-order chi connectivity index (χ1) is 8.64. The number of methoxy groups -OCH3 is 1. The average Bonchev–Trinajstić information content (AvgIpc) is 2.77. The van der Waals surface area contributed by atoms with Gasteiger partial charge < -0.3 is 9.47 Å². The molecule has 1 aromatic rings. The van der Waals surface area contributed by atoms with E-state index in [1.807, 2.05) is 6.08 Å². The van der Waals surface area contributed by atoms with Crippen LogP contribution in [-0.4, -0.2) is 24.5 Å². The number of fused-ring (bicyclic) bond motifs is 1. The second kappa shape index (κ2) is 3.70. The van der Waals surface area contributed by atoms with Gasteiger partial charge in [0, 0.05) is 12.0 Å². The molecule has 0 aromatic heterocycles. The van der Waals surface area contributed by atoms with Gasteiger partial charge in [0.1, 0.15) is 5.75 Å². The van der Waals surface area contributed by atoms with Crippen molar-refractivity contribution in [3.8, 4) is 5.75 Å². The number of benzene rings is 1. The lowest BCUT2D eigenvalue weighted by atomic mass is 9.83. The fourth-order valence-electron chi connectivity index (χ4n) is 2.41. The maximum Gasteiger partial charge on any atom is 0.307 e. The first-order valence-corrected chi connectivity index (χ1v) is 5.78. The Hall–Kier alpha value is -2.10. The van der Waals surface area contributed by atoms with Gasteiger partial charge >= 0.3 is 5.97 Å². The molecule has 1 atom stereocenters. The molecule has 2 aliphatic rings. The molecule has 4 heteroatoms. The Balaban J connectivity index is 2.06. The van der Waals surface area contributed by atoms with Crippen molar-refractivity contribution in [1.29, 1.82) is 0 Å². The van der Waals surface area contributed by atoms with Crippen molar-refractivity contribution in [1.82, 2.24) is 0 Å². The Morgan fingerprint density at radius 2 is 2.17 bits per heavy atom. The van der Waals surface area contributed by atoms with Gasteiger partial charge in [0.25, 0.3) is 0 Å². The van der Waals surface area contributed by atoms with Gasteiger partial charge in [-0.2, -0.15) is 0 Å². The highest BCUT2D eigenvalue weighted by molar-refractivity contribution is 6.10. The van der Waals surface area contributed by atoms with Gasteiger partial charge in [0.05, 0.1) is 13.5 Å². The van der Waals surface area contributed by atoms with Crippen LogP contribution in [0.1, 0.15) is 28.8 Å². The first-order valence-electron chi connectivity index (χ1n) is 5.78. The molecule has 1 aromatic carbocycles. The minimum absolute atomic E-state index is 0.145. The lowest BCUT2D eigenvalue weighted by Crippen LogP contribution is -2.38. The van der Waals surface area contributed by atoms with Crippen molar-refractivity contribution in [3.63, 3.8) is 0 Å². The molecule has 0 radical (unpaired) electrons. The fourth-order valence-corrected chi connectivity index (χ4v) is 2.41. The van der Waals surface area contributed by atoms with E-state index >= 15 is 0 Å². The van der Waals surface area contributed by atoms with Crippen molar-refractivity contribution < 1.29 is 19.1 Å². The molecule has 92 valence electrons. The number of esters is 1. The van der Waals surface area contributed by atoms with Crippen LogP contribution in [0.25, 0.3) is 6.08 Å². The Kier molecular flexibility index (Phi) is 2.26. The lowest BCUT2D eigenvalue weighted by molar-refractivity contribution is -0.143. The van der Waals surface area contributed by atoms with E-state index in [0.29, 0.717) is 24.2 Å². The highest BCUT2D eigenvalue weighted by Crippen LogP contribution is 2.37. The second-order valence-corrected chi connectivity index (χ2v) is 4.48. The van der Waals surface area contributed by atoms with Crippen molar-refractivity contribution in [3.05, 3.63) is 35.4 Å². The smallest absolute Gasteiger partial charge is 0.307 e. The van der Waals surface area contributed by atoms with Crippen LogP contribution in [0.3, 0.4) is 0 Å². The van der Waals surface area contributed by atoms with E-state index in [1.54, 1.807) is 31.4 Å². The molecule has 1 fully saturated rings. The predicted octanol–water partition coefficient (Wildman–Crippen LogP) is 1.98. The van der Waals surface area contributed by atoms with E-state index in [2.05, 4.69) is 0 Å². The highest BCUT2D eigenvalue weighted by atomic mass is 16.6. The number of carbonyl (C=O) groups excluding carboxylic acids is 2. The molecule has 0 amide bonds. The molecule has 1 aliphatic carbocycles. The van der Waals surface area contributed by atoms with E-state index in [9.17, 15) is 9.59 Å². The second-order valence-electron chi connectivity index (χ2n) is 4.48. The largest absolute Gasteiger partial charge is 0.497 e. The Bertz CT molecular complexity index is 573. The van der Waals surface area contributed by atoms with Crippen LogP contribution in [0.5, 0.6) is 5.75 Å². The number of Topliss-reactive ketones (excluding diaryl/α,β-unsaturated/α-hetero) is 1. The van der Waals surface area contributed by atoms with Crippen LogP contribution in [0, 0.1) is 0 Å². The van der Waals surface area contributed by atoms with E-state index in [1.165, 1.54) is 0 Å². The normalized spacial score (nSPS) is 25.2. The van der Waals surface area contributed by atoms with Crippen molar-refractivity contribution in [2.45, 2.75) is 18.4 Å². The van der Waals surface area contributed by atoms with Gasteiger partial charge in [0.2, 0.25) is 5.78 Å². The third-order valence-corrected chi connectivity index (χ3v) is 3.42. The summed E-state index contributed by atoms with van der Waals surface area (Å²) in [5, 5.41) is 0. The summed E-state index contributed by atoms with van der Waals surface area (Å²) in [4.78, 5) is 23.7. The molecule has 1 saturated heterocycles. The summed E-state index contributed by atoms with van der Waals surface area (Å²) in [6, 6.07) is 5.25. The quantitative estimate of drug-likeness (QED) is 0.709. The standard InChI is InChI=1S/C14H12O4/c1-17-10-2-3-11-9(8-10)4-6-14(13(11)16)7-5-12(15)18-14/h2-4,6,8H,5,7H2,1H3/t14-/m1/s1. The van der Waals surface area contributed by atoms with E-state index in [0.717, 1.165) is 5.56 Å². The molecular weight excluding hydrogens is 232 g/mol. The van der Waals surface area contributed by atoms with Crippen molar-refractivity contribution >= 4 is 17.8 Å². The van der Waals surface area contributed by atoms with E-state index in [4.69, 9.17) is 9.47 Å². The molecule has 0 bridgehead atoms. The monoisotopic (exact) mass is 244 g/mol. The molecule has 0 unspecified atom stereocenters. The summed E-state index contributed by atoms with van der Waals surface area (Å²) in [5.74, 6) is 0.240. The highest BCUT2D eigenvalue weighted by Gasteiger charge is 2.47. The van der Waals surface area contributed by atoms with Crippen LogP contribution >= 0.6 is 0 Å². The lowest BCUT2D eigenvalue weighted by Gasteiger charge is -2.26. The molecule has 1 spiro atoms. The van der Waals surface area contributed by atoms with Crippen molar-refractivity contribution in [2.24, 2.45) is 0 Å². The number of ether oxygens (including phenoxy) is 2. The summed E-state index contributed by atoms with van der Waals surface area (Å²) in [5.41, 5.74) is 0.305. The van der Waals surface area contributed by atoms with Gasteiger partial charge in [-0.1, -0.05) is 6.08 Å². The third-order valence-electron chi connectivity index (χ3n) is 3.42. The predicted molar refractivity (Wildman–Crippen MR) is 64.4 cm³/mol. The first kappa shape index (κ1) is 11.0. The summed E-state index contributed by atoms with van der Waals surface area (Å²) in [7, 11) is 1.58. The zero-order valence-corrected chi connectivity index (χ0v) is 9.93. The van der Waals surface area contributed by atoms with Crippen LogP contribution < -0.4 is 4.74 Å². The summed E-state index contributed by atoms with van der Waals surface area (Å²) in [6.07, 6.45) is 4.22. The third kappa shape index (κ3) is 1.45. The molecule has 18 heavy (non-hydrogen) atoms. The summed E-state index contributed by atoms with van der Waals surface area (Å²) in [6.45, 7) is 0. The molecular formula is C14H12O4. The molecule has 4 nitrogen and oxygen atoms in total. The fraction of sp³-hybridized carbons (Fsp3) is 0.286. The molecule has 0 saturated carbocycles. The van der Waals surface area contributed by atoms with Crippen LogP contribution in [0.2, 0.25) is 0 Å². The Morgan fingerprint density at radius 3 is 2.83 bits per heavy atom. The maximum atomic E-state index is 12.4. The molecule has 0 N–H and O–H groups in total. The SMILES string of the molecule is COc1ccc2c(c1)C=C[C@@]1(CCC(=O)O1)C2=O. The van der Waals surface area contributed by atoms with Gasteiger partial charge in [-0.3, -0.25) is 9.59 Å². The number of carbonyl (C=O) groups is 2. The van der Waals surface area contributed by atoms with Crippen LogP contribution in [0.15, 0.2) is 24.3 Å². The molecule has 1 heterocycles. The van der Waals surface area contributed by atoms with Gasteiger partial charge in [-0.15, -0.1) is 0 Å². The van der Waals surface area contributed by atoms with E-state index in [-0.39, 0.29) is 11.8 Å². The number of ketones is 1. The minimum atomic E-state index is -1.07. The molecule has 3 rings (SSSR count). The zero-order chi connectivity index (χ0) is 12.8. The number of hydrogen-bond donors (Lipinski definition) is 0. The topological polar surface area (TPSA) is 52.6 Å². The molecule has 1 aliphatic heterocycles. The van der Waals surface area contributed by atoms with Gasteiger partial charge in [-0.05, 0) is 29.8 Å². The van der Waals surface area contributed by atoms with Gasteiger partial charge in [-0.25, -0.2) is 0 Å². The minimum Gasteiger partial charge on any atom is -0.497 e. The Morgan fingerprint density at radius 1 is 1.33 bits per heavy atom. The maximum absolute atomic E-state index is 12.4. The summed E-state index contributed by atoms with van der Waals surface area (Å²) >= 11 is 0. The van der Waals surface area contributed by atoms with Crippen LogP contribution in [-0.2, 0) is 9.53 Å². The summed E-state index contributed by atoms with van der Waals surface area (Å²) < 4.78 is 10.3. The average molecular weight is 244 g/mol.